The van der Waals surface area contributed by atoms with Crippen LogP contribution < -0.4 is 5.32 Å². The highest BCUT2D eigenvalue weighted by Crippen LogP contribution is 2.41. The predicted molar refractivity (Wildman–Crippen MR) is 83.4 cm³/mol. The van der Waals surface area contributed by atoms with Crippen LogP contribution in [0, 0.1) is 0 Å². The Kier molecular flexibility index (Phi) is 2.19. The van der Waals surface area contributed by atoms with E-state index in [1.54, 1.807) is 0 Å². The van der Waals surface area contributed by atoms with Crippen molar-refractivity contribution in [2.45, 2.75) is 25.3 Å². The van der Waals surface area contributed by atoms with Gasteiger partial charge in [0.15, 0.2) is 5.65 Å². The minimum atomic E-state index is 0.570. The third-order valence-corrected chi connectivity index (χ3v) is 4.44. The lowest BCUT2D eigenvalue weighted by Crippen LogP contribution is -1.99. The minimum absolute atomic E-state index is 0.570. The summed E-state index contributed by atoms with van der Waals surface area (Å²) in [5.41, 5.74) is 5.87. The molecule has 0 saturated heterocycles. The molecule has 21 heavy (non-hydrogen) atoms. The molecule has 1 aliphatic carbocycles. The van der Waals surface area contributed by atoms with Crippen LogP contribution in [0.4, 0.5) is 5.69 Å². The summed E-state index contributed by atoms with van der Waals surface area (Å²) in [4.78, 5) is 9.39. The molecule has 0 atom stereocenters. The lowest BCUT2D eigenvalue weighted by atomic mass is 10.1. The maximum absolute atomic E-state index is 4.84. The molecule has 0 unspecified atom stereocenters. The predicted octanol–water partition coefficient (Wildman–Crippen LogP) is 3.40. The summed E-state index contributed by atoms with van der Waals surface area (Å²) in [6.45, 7) is 1.04. The zero-order chi connectivity index (χ0) is 13.8. The third kappa shape index (κ3) is 1.68. The van der Waals surface area contributed by atoms with Gasteiger partial charge in [0.05, 0.1) is 0 Å². The van der Waals surface area contributed by atoms with E-state index in [0.717, 1.165) is 30.0 Å². The first kappa shape index (κ1) is 11.3. The van der Waals surface area contributed by atoms with Crippen molar-refractivity contribution in [2.75, 3.05) is 11.9 Å². The average Bonchev–Trinajstić information content (AvgIpc) is 3.12. The van der Waals surface area contributed by atoms with Crippen molar-refractivity contribution >= 4 is 16.9 Å². The van der Waals surface area contributed by atoms with E-state index >= 15 is 0 Å². The topological polar surface area (TPSA) is 42.7 Å². The highest BCUT2D eigenvalue weighted by Gasteiger charge is 2.29. The van der Waals surface area contributed by atoms with E-state index in [9.17, 15) is 0 Å². The fourth-order valence-electron chi connectivity index (χ4n) is 3.24. The molecule has 2 aromatic heterocycles. The number of aromatic nitrogens is 3. The van der Waals surface area contributed by atoms with Gasteiger partial charge in [-0.1, -0.05) is 12.1 Å². The van der Waals surface area contributed by atoms with Gasteiger partial charge in [-0.15, -0.1) is 0 Å². The average molecular weight is 276 g/mol. The van der Waals surface area contributed by atoms with Gasteiger partial charge in [0.2, 0.25) is 0 Å². The SMILES string of the molecule is c1cnc2c(c1)nc(-c1ccc3c(c1)NCC3)n2C1CC1. The smallest absolute Gasteiger partial charge is 0.160 e. The Bertz CT molecular complexity index is 845. The summed E-state index contributed by atoms with van der Waals surface area (Å²) in [6.07, 6.45) is 5.45. The van der Waals surface area contributed by atoms with Gasteiger partial charge in [-0.05, 0) is 43.0 Å². The van der Waals surface area contributed by atoms with E-state index in [0.29, 0.717) is 6.04 Å². The highest BCUT2D eigenvalue weighted by atomic mass is 15.2. The van der Waals surface area contributed by atoms with Crippen molar-refractivity contribution in [2.24, 2.45) is 0 Å². The first-order valence-electron chi connectivity index (χ1n) is 7.60. The quantitative estimate of drug-likeness (QED) is 0.780. The molecule has 0 spiro atoms. The van der Waals surface area contributed by atoms with Crippen molar-refractivity contribution in [3.8, 4) is 11.4 Å². The molecule has 1 saturated carbocycles. The van der Waals surface area contributed by atoms with Crippen LogP contribution in [0.25, 0.3) is 22.6 Å². The lowest BCUT2D eigenvalue weighted by Gasteiger charge is -2.08. The normalized spacial score (nSPS) is 17.0. The third-order valence-electron chi connectivity index (χ3n) is 4.44. The van der Waals surface area contributed by atoms with Crippen molar-refractivity contribution < 1.29 is 0 Å². The van der Waals surface area contributed by atoms with E-state index in [2.05, 4.69) is 39.1 Å². The molecule has 4 heteroatoms. The number of rotatable bonds is 2. The molecule has 0 amide bonds. The second kappa shape index (κ2) is 4.07. The molecular formula is C17H16N4. The number of imidazole rings is 1. The summed E-state index contributed by atoms with van der Waals surface area (Å²) in [6, 6.07) is 11.3. The number of hydrogen-bond donors (Lipinski definition) is 1. The van der Waals surface area contributed by atoms with Gasteiger partial charge in [0.25, 0.3) is 0 Å². The van der Waals surface area contributed by atoms with Crippen LogP contribution in [0.2, 0.25) is 0 Å². The fourth-order valence-corrected chi connectivity index (χ4v) is 3.24. The number of nitrogens with zero attached hydrogens (tertiary/aromatic N) is 3. The summed E-state index contributed by atoms with van der Waals surface area (Å²) >= 11 is 0. The van der Waals surface area contributed by atoms with Crippen LogP contribution in [-0.2, 0) is 6.42 Å². The van der Waals surface area contributed by atoms with Crippen molar-refractivity contribution in [1.29, 1.82) is 0 Å². The van der Waals surface area contributed by atoms with Crippen LogP contribution in [0.15, 0.2) is 36.5 Å². The molecule has 3 heterocycles. The number of nitrogens with one attached hydrogen (secondary N) is 1. The summed E-state index contributed by atoms with van der Waals surface area (Å²) < 4.78 is 2.33. The van der Waals surface area contributed by atoms with E-state index in [-0.39, 0.29) is 0 Å². The number of pyridine rings is 1. The molecule has 0 bridgehead atoms. The number of fused-ring (bicyclic) bond motifs is 2. The molecule has 104 valence electrons. The van der Waals surface area contributed by atoms with Gasteiger partial charge in [-0.25, -0.2) is 9.97 Å². The standard InChI is InChI=1S/C17H16N4/c1-2-14-17(19-8-1)21(13-5-6-13)16(20-14)12-4-3-11-7-9-18-15(11)10-12/h1-4,8,10,13,18H,5-7,9H2. The minimum Gasteiger partial charge on any atom is -0.384 e. The number of benzene rings is 1. The van der Waals surface area contributed by atoms with Crippen LogP contribution in [0.5, 0.6) is 0 Å². The number of hydrogen-bond acceptors (Lipinski definition) is 3. The van der Waals surface area contributed by atoms with Gasteiger partial charge >= 0.3 is 0 Å². The lowest BCUT2D eigenvalue weighted by molar-refractivity contribution is 0.766. The summed E-state index contributed by atoms with van der Waals surface area (Å²) in [5.74, 6) is 1.06. The highest BCUT2D eigenvalue weighted by molar-refractivity contribution is 5.79. The Morgan fingerprint density at radius 3 is 3.05 bits per heavy atom. The second-order valence-electron chi connectivity index (χ2n) is 5.93. The Morgan fingerprint density at radius 1 is 1.19 bits per heavy atom. The van der Waals surface area contributed by atoms with E-state index in [1.807, 2.05) is 12.3 Å². The fraction of sp³-hybridized carbons (Fsp3) is 0.294. The van der Waals surface area contributed by atoms with Crippen molar-refractivity contribution in [3.63, 3.8) is 0 Å². The monoisotopic (exact) mass is 276 g/mol. The molecule has 0 radical (unpaired) electrons. The summed E-state index contributed by atoms with van der Waals surface area (Å²) in [7, 11) is 0. The van der Waals surface area contributed by atoms with Gasteiger partial charge in [0.1, 0.15) is 11.3 Å². The molecule has 5 rings (SSSR count). The molecular weight excluding hydrogens is 260 g/mol. The van der Waals surface area contributed by atoms with Crippen LogP contribution in [0.1, 0.15) is 24.4 Å². The van der Waals surface area contributed by atoms with Gasteiger partial charge < -0.3 is 9.88 Å². The molecule has 1 fully saturated rings. The molecule has 1 aromatic carbocycles. The Hall–Kier alpha value is -2.36. The zero-order valence-corrected chi connectivity index (χ0v) is 11.7. The Labute approximate surface area is 122 Å². The maximum Gasteiger partial charge on any atom is 0.160 e. The Morgan fingerprint density at radius 2 is 2.14 bits per heavy atom. The van der Waals surface area contributed by atoms with E-state index in [4.69, 9.17) is 4.98 Å². The zero-order valence-electron chi connectivity index (χ0n) is 11.7. The van der Waals surface area contributed by atoms with Crippen molar-refractivity contribution in [3.05, 3.63) is 42.1 Å². The first-order chi connectivity index (χ1) is 10.4. The van der Waals surface area contributed by atoms with Gasteiger partial charge in [-0.2, -0.15) is 0 Å². The van der Waals surface area contributed by atoms with E-state index in [1.165, 1.54) is 29.7 Å². The van der Waals surface area contributed by atoms with Crippen LogP contribution >= 0.6 is 0 Å². The second-order valence-corrected chi connectivity index (χ2v) is 5.93. The van der Waals surface area contributed by atoms with Gasteiger partial charge in [0, 0.05) is 30.0 Å². The van der Waals surface area contributed by atoms with Crippen LogP contribution in [-0.4, -0.2) is 21.1 Å². The largest absolute Gasteiger partial charge is 0.384 e. The molecule has 1 N–H and O–H groups in total. The summed E-state index contributed by atoms with van der Waals surface area (Å²) in [5, 5.41) is 3.46. The molecule has 4 nitrogen and oxygen atoms in total. The van der Waals surface area contributed by atoms with Crippen molar-refractivity contribution in [1.82, 2.24) is 14.5 Å². The van der Waals surface area contributed by atoms with Crippen LogP contribution in [0.3, 0.4) is 0 Å². The van der Waals surface area contributed by atoms with E-state index < -0.39 is 0 Å². The van der Waals surface area contributed by atoms with Gasteiger partial charge in [-0.3, -0.25) is 0 Å². The Balaban J connectivity index is 1.75. The first-order valence-corrected chi connectivity index (χ1v) is 7.60. The maximum atomic E-state index is 4.84. The molecule has 3 aromatic rings. The molecule has 2 aliphatic rings. The number of anilines is 1. The molecule has 1 aliphatic heterocycles.